The number of benzene rings is 1. The van der Waals surface area contributed by atoms with Gasteiger partial charge in [-0.25, -0.2) is 24.4 Å². The third-order valence-corrected chi connectivity index (χ3v) is 3.26. The van der Waals surface area contributed by atoms with Gasteiger partial charge in [0.05, 0.1) is 12.3 Å². The second-order valence-electron chi connectivity index (χ2n) is 4.91. The first-order valence-electron chi connectivity index (χ1n) is 7.36. The first-order valence-corrected chi connectivity index (χ1v) is 7.36. The number of unbranched alkanes of at least 4 members (excludes halogenated alkanes) is 3. The third kappa shape index (κ3) is 4.79. The Balaban J connectivity index is 1.77. The molecule has 0 aliphatic carbocycles. The van der Waals surface area contributed by atoms with Crippen LogP contribution >= 0.6 is 0 Å². The monoisotopic (exact) mass is 318 g/mol. The molecular weight excluding hydrogens is 300 g/mol. The Labute approximate surface area is 131 Å². The minimum absolute atomic E-state index is 0.475. The number of H-pyrrole nitrogens is 2. The molecule has 0 aliphatic heterocycles. The molecule has 0 amide bonds. The summed E-state index contributed by atoms with van der Waals surface area (Å²) in [6.45, 7) is 1.13. The molecule has 0 atom stereocenters. The highest BCUT2D eigenvalue weighted by atomic mass is 16.5. The van der Waals surface area contributed by atoms with E-state index in [1.165, 1.54) is 0 Å². The molecular formula is C14H18N6O3. The Bertz CT molecular complexity index is 739. The maximum Gasteiger partial charge on any atom is 0.348 e. The topological polar surface area (TPSA) is 129 Å². The van der Waals surface area contributed by atoms with Crippen LogP contribution in [0.15, 0.2) is 39.0 Å². The van der Waals surface area contributed by atoms with Crippen molar-refractivity contribution < 1.29 is 4.74 Å². The molecule has 1 aromatic heterocycles. The van der Waals surface area contributed by atoms with Gasteiger partial charge in [-0.05, 0) is 42.6 Å². The standard InChI is InChI=1S/C14H18N6O3/c15-19-16-9-3-1-2-4-10-23-12-7-5-11(6-8-12)20-13(21)17-18-14(20)22/h5-8H,1-4,9-10H2,(H,17,21)(H,18,22). The van der Waals surface area contributed by atoms with Gasteiger partial charge in [0.15, 0.2) is 0 Å². The second-order valence-corrected chi connectivity index (χ2v) is 4.91. The Morgan fingerprint density at radius 3 is 2.35 bits per heavy atom. The fraction of sp³-hybridized carbons (Fsp3) is 0.429. The maximum absolute atomic E-state index is 11.5. The number of aromatic nitrogens is 3. The van der Waals surface area contributed by atoms with Crippen molar-refractivity contribution in [2.45, 2.75) is 25.7 Å². The van der Waals surface area contributed by atoms with Crippen LogP contribution in [0.5, 0.6) is 5.75 Å². The molecule has 2 rings (SSSR count). The van der Waals surface area contributed by atoms with E-state index in [2.05, 4.69) is 20.2 Å². The minimum Gasteiger partial charge on any atom is -0.494 e. The Kier molecular flexibility index (Phi) is 6.07. The van der Waals surface area contributed by atoms with Crippen molar-refractivity contribution in [2.75, 3.05) is 13.2 Å². The number of rotatable bonds is 9. The quantitative estimate of drug-likeness (QED) is 0.318. The minimum atomic E-state index is -0.510. The van der Waals surface area contributed by atoms with E-state index in [4.69, 9.17) is 10.3 Å². The van der Waals surface area contributed by atoms with Crippen molar-refractivity contribution in [3.8, 4) is 11.4 Å². The van der Waals surface area contributed by atoms with E-state index in [1.807, 2.05) is 0 Å². The maximum atomic E-state index is 11.5. The lowest BCUT2D eigenvalue weighted by atomic mass is 10.2. The first-order chi connectivity index (χ1) is 11.2. The van der Waals surface area contributed by atoms with Crippen molar-refractivity contribution in [1.82, 2.24) is 14.8 Å². The molecule has 9 heteroatoms. The van der Waals surface area contributed by atoms with Crippen LogP contribution in [0.4, 0.5) is 0 Å². The molecule has 23 heavy (non-hydrogen) atoms. The molecule has 0 saturated carbocycles. The SMILES string of the molecule is [N-]=[N+]=NCCCCCCOc1ccc(-n2c(=O)[nH][nH]c2=O)cc1. The first kappa shape index (κ1) is 16.4. The average Bonchev–Trinajstić information content (AvgIpc) is 2.89. The zero-order chi connectivity index (χ0) is 16.5. The van der Waals surface area contributed by atoms with Crippen molar-refractivity contribution >= 4 is 0 Å². The van der Waals surface area contributed by atoms with Crippen molar-refractivity contribution in [2.24, 2.45) is 5.11 Å². The van der Waals surface area contributed by atoms with Crippen LogP contribution in [0.2, 0.25) is 0 Å². The number of azide groups is 1. The van der Waals surface area contributed by atoms with Gasteiger partial charge in [0, 0.05) is 11.5 Å². The van der Waals surface area contributed by atoms with Gasteiger partial charge in [0.1, 0.15) is 5.75 Å². The number of nitrogens with one attached hydrogen (secondary N) is 2. The molecule has 122 valence electrons. The summed E-state index contributed by atoms with van der Waals surface area (Å²) in [4.78, 5) is 25.7. The molecule has 9 nitrogen and oxygen atoms in total. The van der Waals surface area contributed by atoms with Gasteiger partial charge in [-0.15, -0.1) is 0 Å². The highest BCUT2D eigenvalue weighted by Gasteiger charge is 2.05. The Morgan fingerprint density at radius 1 is 1.04 bits per heavy atom. The number of nitrogens with zero attached hydrogens (tertiary/aromatic N) is 4. The van der Waals surface area contributed by atoms with Gasteiger partial charge < -0.3 is 4.74 Å². The largest absolute Gasteiger partial charge is 0.494 e. The van der Waals surface area contributed by atoms with E-state index in [0.717, 1.165) is 30.3 Å². The summed E-state index contributed by atoms with van der Waals surface area (Å²) in [5.74, 6) is 0.683. The third-order valence-electron chi connectivity index (χ3n) is 3.26. The average molecular weight is 318 g/mol. The molecule has 1 heterocycles. The van der Waals surface area contributed by atoms with Crippen molar-refractivity contribution in [1.29, 1.82) is 0 Å². The van der Waals surface area contributed by atoms with E-state index in [1.54, 1.807) is 24.3 Å². The Hall–Kier alpha value is -2.93. The van der Waals surface area contributed by atoms with Gasteiger partial charge in [0.25, 0.3) is 0 Å². The summed E-state index contributed by atoms with van der Waals surface area (Å²) < 4.78 is 6.61. The van der Waals surface area contributed by atoms with Crippen LogP contribution in [0.3, 0.4) is 0 Å². The van der Waals surface area contributed by atoms with Crippen molar-refractivity contribution in [3.05, 3.63) is 55.7 Å². The molecule has 2 aromatic rings. The molecule has 0 unspecified atom stereocenters. The van der Waals surface area contributed by atoms with E-state index in [9.17, 15) is 9.59 Å². The van der Waals surface area contributed by atoms with Crippen LogP contribution in [-0.4, -0.2) is 27.9 Å². The summed E-state index contributed by atoms with van der Waals surface area (Å²) in [5, 5.41) is 7.93. The molecule has 1 aromatic carbocycles. The zero-order valence-corrected chi connectivity index (χ0v) is 12.6. The molecule has 0 aliphatic rings. The molecule has 0 bridgehead atoms. The predicted octanol–water partition coefficient (Wildman–Crippen LogP) is 2.10. The number of aromatic amines is 2. The van der Waals surface area contributed by atoms with Gasteiger partial charge in [-0.3, -0.25) is 0 Å². The van der Waals surface area contributed by atoms with E-state index in [-0.39, 0.29) is 0 Å². The van der Waals surface area contributed by atoms with Crippen LogP contribution in [0.1, 0.15) is 25.7 Å². The van der Waals surface area contributed by atoms with Gasteiger partial charge in [-0.1, -0.05) is 18.0 Å². The molecule has 0 spiro atoms. The van der Waals surface area contributed by atoms with Crippen LogP contribution in [0.25, 0.3) is 16.1 Å². The summed E-state index contributed by atoms with van der Waals surface area (Å²) in [6.07, 6.45) is 3.81. The lowest BCUT2D eigenvalue weighted by Crippen LogP contribution is -2.24. The van der Waals surface area contributed by atoms with Gasteiger partial charge >= 0.3 is 11.4 Å². The Morgan fingerprint density at radius 2 is 1.70 bits per heavy atom. The highest BCUT2D eigenvalue weighted by Crippen LogP contribution is 2.14. The van der Waals surface area contributed by atoms with Crippen LogP contribution in [-0.2, 0) is 0 Å². The summed E-state index contributed by atoms with van der Waals surface area (Å²) >= 11 is 0. The van der Waals surface area contributed by atoms with E-state index >= 15 is 0 Å². The number of hydrogen-bond acceptors (Lipinski definition) is 4. The molecule has 0 saturated heterocycles. The van der Waals surface area contributed by atoms with Gasteiger partial charge in [0.2, 0.25) is 0 Å². The second kappa shape index (κ2) is 8.50. The molecule has 0 radical (unpaired) electrons. The van der Waals surface area contributed by atoms with Gasteiger partial charge in [-0.2, -0.15) is 0 Å². The lowest BCUT2D eigenvalue weighted by Gasteiger charge is -2.07. The molecule has 0 fully saturated rings. The van der Waals surface area contributed by atoms with Crippen LogP contribution in [0, 0.1) is 0 Å². The predicted molar refractivity (Wildman–Crippen MR) is 85.0 cm³/mol. The van der Waals surface area contributed by atoms with E-state index < -0.39 is 11.4 Å². The fourth-order valence-corrected chi connectivity index (χ4v) is 2.11. The molecule has 2 N–H and O–H groups in total. The smallest absolute Gasteiger partial charge is 0.348 e. The summed E-state index contributed by atoms with van der Waals surface area (Å²) in [6, 6.07) is 6.74. The fourth-order valence-electron chi connectivity index (χ4n) is 2.11. The summed E-state index contributed by atoms with van der Waals surface area (Å²) in [5.41, 5.74) is 7.60. The van der Waals surface area contributed by atoms with Crippen molar-refractivity contribution in [3.63, 3.8) is 0 Å². The lowest BCUT2D eigenvalue weighted by molar-refractivity contribution is 0.305. The van der Waals surface area contributed by atoms with E-state index in [0.29, 0.717) is 24.6 Å². The summed E-state index contributed by atoms with van der Waals surface area (Å²) in [7, 11) is 0. The number of ether oxygens (including phenoxy) is 1. The zero-order valence-electron chi connectivity index (χ0n) is 12.6. The van der Waals surface area contributed by atoms with Crippen LogP contribution < -0.4 is 16.1 Å². The number of hydrogen-bond donors (Lipinski definition) is 2. The normalized spacial score (nSPS) is 10.3. The highest BCUT2D eigenvalue weighted by molar-refractivity contribution is 5.36.